The molecule has 2 fully saturated rings. The molecule has 2 heterocycles. The molecule has 3 rings (SSSR count). The molecule has 0 radical (unpaired) electrons. The van der Waals surface area contributed by atoms with E-state index in [1.807, 2.05) is 13.8 Å². The van der Waals surface area contributed by atoms with Crippen molar-refractivity contribution < 1.29 is 9.21 Å². The molecule has 1 aliphatic carbocycles. The Kier molecular flexibility index (Phi) is 9.38. The Labute approximate surface area is 168 Å². The Bertz CT molecular complexity index is 554. The highest BCUT2D eigenvalue weighted by Gasteiger charge is 2.30. The number of likely N-dealkylation sites (tertiary alicyclic amines) is 1. The van der Waals surface area contributed by atoms with Crippen LogP contribution in [0.5, 0.6) is 0 Å². The van der Waals surface area contributed by atoms with Crippen LogP contribution in [0.3, 0.4) is 0 Å². The van der Waals surface area contributed by atoms with E-state index in [9.17, 15) is 4.79 Å². The predicted octanol–water partition coefficient (Wildman–Crippen LogP) is 2.59. The van der Waals surface area contributed by atoms with Crippen LogP contribution in [-0.4, -0.2) is 41.5 Å². The van der Waals surface area contributed by atoms with E-state index in [-0.39, 0.29) is 42.7 Å². The van der Waals surface area contributed by atoms with E-state index in [1.54, 1.807) is 0 Å². The van der Waals surface area contributed by atoms with Gasteiger partial charge in [0.2, 0.25) is 11.8 Å². The Balaban J connectivity index is 0.00000169. The summed E-state index contributed by atoms with van der Waals surface area (Å²) in [5, 5.41) is 3.13. The van der Waals surface area contributed by atoms with Gasteiger partial charge in [-0.3, -0.25) is 9.69 Å². The van der Waals surface area contributed by atoms with Crippen LogP contribution in [0.1, 0.15) is 49.4 Å². The number of carbonyl (C=O) groups is 1. The van der Waals surface area contributed by atoms with E-state index < -0.39 is 0 Å². The van der Waals surface area contributed by atoms with Crippen molar-refractivity contribution in [2.24, 2.45) is 17.6 Å². The van der Waals surface area contributed by atoms with E-state index in [0.717, 1.165) is 75.6 Å². The first-order chi connectivity index (χ1) is 11.5. The minimum atomic E-state index is 0. The number of rotatable bonds is 5. The standard InChI is InChI=1S/C18H30N4O2.2ClH/c1-12-13(2)24-17(21-12)11-22-8-6-14(7-9-22)10-20-18(23)15-4-3-5-16(15)19;;/h14-16H,3-11,19H2,1-2H3,(H,20,23);2*1H. The Morgan fingerprint density at radius 3 is 2.46 bits per heavy atom. The van der Waals surface area contributed by atoms with Gasteiger partial charge in [0.1, 0.15) is 5.76 Å². The van der Waals surface area contributed by atoms with Gasteiger partial charge in [-0.05, 0) is 58.5 Å². The number of nitrogens with one attached hydrogen (secondary N) is 1. The summed E-state index contributed by atoms with van der Waals surface area (Å²) in [6, 6.07) is 0.0551. The molecular weight excluding hydrogens is 375 g/mol. The fourth-order valence-corrected chi connectivity index (χ4v) is 3.84. The summed E-state index contributed by atoms with van der Waals surface area (Å²) in [5.74, 6) is 2.48. The van der Waals surface area contributed by atoms with E-state index in [0.29, 0.717) is 5.92 Å². The van der Waals surface area contributed by atoms with Crippen molar-refractivity contribution in [3.05, 3.63) is 17.3 Å². The number of oxazole rings is 1. The molecule has 1 aromatic rings. The molecule has 1 saturated carbocycles. The molecular formula is C18H32Cl2N4O2. The molecule has 1 aromatic heterocycles. The fourth-order valence-electron chi connectivity index (χ4n) is 3.84. The normalized spacial score (nSPS) is 24.0. The third kappa shape index (κ3) is 5.84. The zero-order chi connectivity index (χ0) is 17.1. The number of hydrogen-bond acceptors (Lipinski definition) is 5. The Hall–Kier alpha value is -0.820. The van der Waals surface area contributed by atoms with Gasteiger partial charge in [-0.25, -0.2) is 4.98 Å². The van der Waals surface area contributed by atoms with Crippen LogP contribution in [-0.2, 0) is 11.3 Å². The minimum Gasteiger partial charge on any atom is -0.444 e. The topological polar surface area (TPSA) is 84.4 Å². The Morgan fingerprint density at radius 1 is 1.23 bits per heavy atom. The molecule has 0 spiro atoms. The lowest BCUT2D eigenvalue weighted by Crippen LogP contribution is -2.42. The molecule has 1 saturated heterocycles. The lowest BCUT2D eigenvalue weighted by atomic mass is 9.96. The molecule has 3 N–H and O–H groups in total. The summed E-state index contributed by atoms with van der Waals surface area (Å²) < 4.78 is 5.67. The molecule has 1 aliphatic heterocycles. The summed E-state index contributed by atoms with van der Waals surface area (Å²) in [5.41, 5.74) is 6.99. The highest BCUT2D eigenvalue weighted by atomic mass is 35.5. The van der Waals surface area contributed by atoms with Crippen LogP contribution < -0.4 is 11.1 Å². The molecule has 150 valence electrons. The molecule has 1 amide bonds. The number of piperidine rings is 1. The highest BCUT2D eigenvalue weighted by molar-refractivity contribution is 5.85. The smallest absolute Gasteiger partial charge is 0.224 e. The number of hydrogen-bond donors (Lipinski definition) is 2. The molecule has 2 unspecified atom stereocenters. The summed E-state index contributed by atoms with van der Waals surface area (Å²) in [6.45, 7) is 7.57. The number of aromatic nitrogens is 1. The molecule has 26 heavy (non-hydrogen) atoms. The van der Waals surface area contributed by atoms with Crippen molar-refractivity contribution in [2.45, 2.75) is 58.5 Å². The molecule has 8 heteroatoms. The quantitative estimate of drug-likeness (QED) is 0.784. The zero-order valence-electron chi connectivity index (χ0n) is 15.7. The number of nitrogens with zero attached hydrogens (tertiary/aromatic N) is 2. The van der Waals surface area contributed by atoms with Gasteiger partial charge in [0.05, 0.1) is 18.2 Å². The van der Waals surface area contributed by atoms with E-state index >= 15 is 0 Å². The van der Waals surface area contributed by atoms with Gasteiger partial charge >= 0.3 is 0 Å². The second kappa shape index (κ2) is 10.5. The Morgan fingerprint density at radius 2 is 1.92 bits per heavy atom. The number of nitrogens with two attached hydrogens (primary N) is 1. The summed E-state index contributed by atoms with van der Waals surface area (Å²) >= 11 is 0. The lowest BCUT2D eigenvalue weighted by molar-refractivity contribution is -0.125. The lowest BCUT2D eigenvalue weighted by Gasteiger charge is -2.31. The first kappa shape index (κ1) is 23.2. The van der Waals surface area contributed by atoms with E-state index in [4.69, 9.17) is 10.2 Å². The van der Waals surface area contributed by atoms with Crippen LogP contribution in [0.2, 0.25) is 0 Å². The average Bonchev–Trinajstić information content (AvgIpc) is 3.12. The van der Waals surface area contributed by atoms with Gasteiger partial charge in [-0.1, -0.05) is 6.42 Å². The van der Waals surface area contributed by atoms with Gasteiger partial charge < -0.3 is 15.5 Å². The molecule has 6 nitrogen and oxygen atoms in total. The van der Waals surface area contributed by atoms with Crippen LogP contribution in [0.15, 0.2) is 4.42 Å². The van der Waals surface area contributed by atoms with Crippen LogP contribution in [0.25, 0.3) is 0 Å². The first-order valence-electron chi connectivity index (χ1n) is 9.21. The van der Waals surface area contributed by atoms with Crippen molar-refractivity contribution in [3.8, 4) is 0 Å². The van der Waals surface area contributed by atoms with Crippen molar-refractivity contribution in [3.63, 3.8) is 0 Å². The summed E-state index contributed by atoms with van der Waals surface area (Å²) in [6.07, 6.45) is 5.22. The fraction of sp³-hybridized carbons (Fsp3) is 0.778. The predicted molar refractivity (Wildman–Crippen MR) is 107 cm³/mol. The maximum absolute atomic E-state index is 12.2. The number of aryl methyl sites for hydroxylation is 2. The highest BCUT2D eigenvalue weighted by Crippen LogP contribution is 2.24. The maximum atomic E-state index is 12.2. The van der Waals surface area contributed by atoms with Crippen molar-refractivity contribution in [1.29, 1.82) is 0 Å². The third-order valence-corrected chi connectivity index (χ3v) is 5.61. The molecule has 0 aromatic carbocycles. The largest absolute Gasteiger partial charge is 0.444 e. The summed E-state index contributed by atoms with van der Waals surface area (Å²) in [7, 11) is 0. The number of amides is 1. The second-order valence-electron chi connectivity index (χ2n) is 7.42. The maximum Gasteiger partial charge on any atom is 0.224 e. The number of carbonyl (C=O) groups excluding carboxylic acids is 1. The van der Waals surface area contributed by atoms with Gasteiger partial charge in [0.25, 0.3) is 0 Å². The average molecular weight is 407 g/mol. The molecule has 2 atom stereocenters. The minimum absolute atomic E-state index is 0. The van der Waals surface area contributed by atoms with Gasteiger partial charge in [0.15, 0.2) is 0 Å². The third-order valence-electron chi connectivity index (χ3n) is 5.61. The van der Waals surface area contributed by atoms with Crippen LogP contribution >= 0.6 is 24.8 Å². The van der Waals surface area contributed by atoms with Gasteiger partial charge in [-0.2, -0.15) is 0 Å². The first-order valence-corrected chi connectivity index (χ1v) is 9.21. The molecule has 0 bridgehead atoms. The SMILES string of the molecule is Cc1nc(CN2CCC(CNC(=O)C3CCCC3N)CC2)oc1C.Cl.Cl. The van der Waals surface area contributed by atoms with Crippen LogP contribution in [0, 0.1) is 25.7 Å². The zero-order valence-corrected chi connectivity index (χ0v) is 17.3. The van der Waals surface area contributed by atoms with Crippen molar-refractivity contribution >= 4 is 30.7 Å². The molecule has 2 aliphatic rings. The van der Waals surface area contributed by atoms with Crippen molar-refractivity contribution in [2.75, 3.05) is 19.6 Å². The monoisotopic (exact) mass is 406 g/mol. The number of halogens is 2. The van der Waals surface area contributed by atoms with Gasteiger partial charge in [-0.15, -0.1) is 24.8 Å². The van der Waals surface area contributed by atoms with Crippen LogP contribution in [0.4, 0.5) is 0 Å². The summed E-state index contributed by atoms with van der Waals surface area (Å²) in [4.78, 5) is 19.1. The van der Waals surface area contributed by atoms with Crippen molar-refractivity contribution in [1.82, 2.24) is 15.2 Å². The van der Waals surface area contributed by atoms with E-state index in [1.165, 1.54) is 0 Å². The van der Waals surface area contributed by atoms with E-state index in [2.05, 4.69) is 15.2 Å². The van der Waals surface area contributed by atoms with Gasteiger partial charge in [0, 0.05) is 12.6 Å². The second-order valence-corrected chi connectivity index (χ2v) is 7.42.